The Bertz CT molecular complexity index is 944. The van der Waals surface area contributed by atoms with Crippen LogP contribution in [0.1, 0.15) is 77.6 Å². The number of hydrogen-bond acceptors (Lipinski definition) is 10. The van der Waals surface area contributed by atoms with Gasteiger partial charge >= 0.3 is 11.9 Å². The average molecular weight is 507 g/mol. The molecule has 4 atom stereocenters. The number of nitrogens with zero attached hydrogens (tertiary/aromatic N) is 2. The van der Waals surface area contributed by atoms with Gasteiger partial charge in [0.05, 0.1) is 23.2 Å². The van der Waals surface area contributed by atoms with E-state index >= 15 is 0 Å². The van der Waals surface area contributed by atoms with E-state index in [9.17, 15) is 9.59 Å². The maximum absolute atomic E-state index is 12.2. The van der Waals surface area contributed by atoms with Gasteiger partial charge in [0.2, 0.25) is 0 Å². The molecule has 2 N–H and O–H groups in total. The topological polar surface area (TPSA) is 102 Å². The fourth-order valence-corrected chi connectivity index (χ4v) is 6.51. The van der Waals surface area contributed by atoms with Gasteiger partial charge in [-0.2, -0.15) is 0 Å². The fraction of sp³-hybridized carbons (Fsp3) is 0.667. The molecule has 0 bridgehead atoms. The molecule has 8 nitrogen and oxygen atoms in total. The minimum Gasteiger partial charge on any atom is -0.453 e. The van der Waals surface area contributed by atoms with Gasteiger partial charge in [-0.1, -0.05) is 26.7 Å². The second kappa shape index (κ2) is 10.2. The lowest BCUT2D eigenvalue weighted by atomic mass is 9.91. The van der Waals surface area contributed by atoms with Crippen molar-refractivity contribution in [3.8, 4) is 0 Å². The second-order valence-corrected chi connectivity index (χ2v) is 11.3. The van der Waals surface area contributed by atoms with E-state index < -0.39 is 11.2 Å². The van der Waals surface area contributed by atoms with E-state index in [1.54, 1.807) is 0 Å². The lowest BCUT2D eigenvalue weighted by Gasteiger charge is -2.20. The summed E-state index contributed by atoms with van der Waals surface area (Å²) in [5, 5.41) is 12.2. The number of carbonyl (C=O) groups is 2. The first-order valence-corrected chi connectivity index (χ1v) is 13.9. The number of carbonyl (C=O) groups excluding carboxylic acids is 2. The molecule has 0 unspecified atom stereocenters. The molecule has 10 heteroatoms. The smallest absolute Gasteiger partial charge is 0.310 e. The SMILES string of the molecule is CCC[C@H]1C[C@](C)(c2csc(NCCNc3nc([C@]4(C)C[C@@H](CCC)C(=O)O4)cs3)n2)OC1=O. The van der Waals surface area contributed by atoms with Gasteiger partial charge in [-0.05, 0) is 26.7 Å². The molecule has 186 valence electrons. The molecular weight excluding hydrogens is 472 g/mol. The molecule has 0 spiro atoms. The summed E-state index contributed by atoms with van der Waals surface area (Å²) in [5.41, 5.74) is 0.341. The normalized spacial score (nSPS) is 28.7. The molecule has 0 amide bonds. The van der Waals surface area contributed by atoms with Crippen LogP contribution >= 0.6 is 22.7 Å². The highest BCUT2D eigenvalue weighted by Crippen LogP contribution is 2.43. The van der Waals surface area contributed by atoms with Gasteiger partial charge in [0.1, 0.15) is 0 Å². The van der Waals surface area contributed by atoms with Gasteiger partial charge in [-0.25, -0.2) is 9.97 Å². The number of anilines is 2. The highest BCUT2D eigenvalue weighted by molar-refractivity contribution is 7.14. The number of rotatable bonds is 11. The molecule has 0 saturated carbocycles. The van der Waals surface area contributed by atoms with Crippen molar-refractivity contribution in [3.63, 3.8) is 0 Å². The summed E-state index contributed by atoms with van der Waals surface area (Å²) in [6.45, 7) is 9.41. The zero-order valence-corrected chi connectivity index (χ0v) is 21.9. The van der Waals surface area contributed by atoms with Gasteiger partial charge in [-0.15, -0.1) is 22.7 Å². The Morgan fingerprint density at radius 2 is 1.26 bits per heavy atom. The molecule has 0 aliphatic carbocycles. The van der Waals surface area contributed by atoms with Crippen LogP contribution in [0.25, 0.3) is 0 Å². The molecule has 4 heterocycles. The Morgan fingerprint density at radius 1 is 0.853 bits per heavy atom. The molecule has 34 heavy (non-hydrogen) atoms. The van der Waals surface area contributed by atoms with E-state index in [1.807, 2.05) is 24.6 Å². The van der Waals surface area contributed by atoms with E-state index in [0.717, 1.165) is 47.3 Å². The average Bonchev–Trinajstić information content (AvgIpc) is 3.55. The van der Waals surface area contributed by atoms with Gasteiger partial charge in [0.15, 0.2) is 21.5 Å². The Kier molecular flexibility index (Phi) is 7.47. The molecule has 2 saturated heterocycles. The molecule has 2 aliphatic heterocycles. The third-order valence-corrected chi connectivity index (χ3v) is 8.23. The van der Waals surface area contributed by atoms with Crippen molar-refractivity contribution in [2.24, 2.45) is 11.8 Å². The molecule has 0 aromatic carbocycles. The quantitative estimate of drug-likeness (QED) is 0.313. The van der Waals surface area contributed by atoms with Crippen molar-refractivity contribution in [2.45, 2.75) is 77.4 Å². The number of hydrogen-bond donors (Lipinski definition) is 2. The molecular formula is C24H34N4O4S2. The zero-order valence-electron chi connectivity index (χ0n) is 20.3. The van der Waals surface area contributed by atoms with Crippen molar-refractivity contribution < 1.29 is 19.1 Å². The minimum atomic E-state index is -0.640. The summed E-state index contributed by atoms with van der Waals surface area (Å²) in [6, 6.07) is 0. The predicted octanol–water partition coefficient (Wildman–Crippen LogP) is 5.28. The maximum Gasteiger partial charge on any atom is 0.310 e. The molecule has 2 fully saturated rings. The first-order valence-electron chi connectivity index (χ1n) is 12.1. The van der Waals surface area contributed by atoms with Gasteiger partial charge in [0.25, 0.3) is 0 Å². The van der Waals surface area contributed by atoms with Gasteiger partial charge in [-0.3, -0.25) is 9.59 Å². The minimum absolute atomic E-state index is 0.0342. The second-order valence-electron chi connectivity index (χ2n) is 9.61. The van der Waals surface area contributed by atoms with Crippen molar-refractivity contribution in [1.29, 1.82) is 0 Å². The summed E-state index contributed by atoms with van der Waals surface area (Å²) >= 11 is 3.04. The molecule has 4 rings (SSSR count). The number of esters is 2. The van der Waals surface area contributed by atoms with Crippen LogP contribution in [0.3, 0.4) is 0 Å². The van der Waals surface area contributed by atoms with Gasteiger partial charge < -0.3 is 20.1 Å². The van der Waals surface area contributed by atoms with Crippen LogP contribution in [0.15, 0.2) is 10.8 Å². The molecule has 0 radical (unpaired) electrons. The van der Waals surface area contributed by atoms with Crippen molar-refractivity contribution in [1.82, 2.24) is 9.97 Å². The van der Waals surface area contributed by atoms with Crippen LogP contribution in [0.2, 0.25) is 0 Å². The molecule has 2 aromatic rings. The Morgan fingerprint density at radius 3 is 1.65 bits per heavy atom. The van der Waals surface area contributed by atoms with E-state index in [-0.39, 0.29) is 23.8 Å². The van der Waals surface area contributed by atoms with Crippen molar-refractivity contribution in [2.75, 3.05) is 23.7 Å². The number of thiazole rings is 2. The largest absolute Gasteiger partial charge is 0.453 e. The van der Waals surface area contributed by atoms with Crippen molar-refractivity contribution in [3.05, 3.63) is 22.1 Å². The van der Waals surface area contributed by atoms with Crippen LogP contribution in [-0.2, 0) is 30.3 Å². The van der Waals surface area contributed by atoms with Crippen LogP contribution in [0.5, 0.6) is 0 Å². The number of aromatic nitrogens is 2. The van der Waals surface area contributed by atoms with E-state index in [2.05, 4.69) is 34.4 Å². The molecule has 2 aromatic heterocycles. The summed E-state index contributed by atoms with van der Waals surface area (Å²) in [6.07, 6.45) is 5.02. The Hall–Kier alpha value is -2.20. The lowest BCUT2D eigenvalue weighted by molar-refractivity contribution is -0.151. The predicted molar refractivity (Wildman–Crippen MR) is 134 cm³/mol. The van der Waals surface area contributed by atoms with Crippen LogP contribution in [0.4, 0.5) is 10.3 Å². The first-order chi connectivity index (χ1) is 16.3. The maximum atomic E-state index is 12.2. The zero-order chi connectivity index (χ0) is 24.3. The van der Waals surface area contributed by atoms with Gasteiger partial charge in [0, 0.05) is 36.7 Å². The van der Waals surface area contributed by atoms with Crippen LogP contribution < -0.4 is 10.6 Å². The lowest BCUT2D eigenvalue weighted by Crippen LogP contribution is -2.22. The summed E-state index contributed by atoms with van der Waals surface area (Å²) in [4.78, 5) is 33.7. The number of cyclic esters (lactones) is 2. The monoisotopic (exact) mass is 506 g/mol. The standard InChI is InChI=1S/C24H34N4O4S2/c1-5-7-15-11-23(3,31-19(15)29)17-13-33-21(27-17)25-9-10-26-22-28-18(14-34-22)24(4)12-16(8-6-2)20(30)32-24/h13-16H,5-12H2,1-4H3,(H,25,27)(H,26,28)/t15-,16+,23+,24-. The van der Waals surface area contributed by atoms with E-state index in [0.29, 0.717) is 25.9 Å². The Balaban J connectivity index is 1.25. The number of nitrogens with one attached hydrogen (secondary N) is 2. The fourth-order valence-electron chi connectivity index (χ4n) is 4.79. The Labute approximate surface area is 208 Å². The summed E-state index contributed by atoms with van der Waals surface area (Å²) < 4.78 is 11.4. The third kappa shape index (κ3) is 5.22. The van der Waals surface area contributed by atoms with E-state index in [1.165, 1.54) is 22.7 Å². The number of ether oxygens (including phenoxy) is 2. The third-order valence-electron chi connectivity index (χ3n) is 6.63. The summed E-state index contributed by atoms with van der Waals surface area (Å²) in [5.74, 6) is -0.289. The van der Waals surface area contributed by atoms with Crippen LogP contribution in [-0.4, -0.2) is 35.0 Å². The molecule has 2 aliphatic rings. The highest BCUT2D eigenvalue weighted by atomic mass is 32.1. The highest BCUT2D eigenvalue weighted by Gasteiger charge is 2.46. The van der Waals surface area contributed by atoms with E-state index in [4.69, 9.17) is 9.47 Å². The van der Waals surface area contributed by atoms with Crippen molar-refractivity contribution >= 4 is 44.9 Å². The van der Waals surface area contributed by atoms with Crippen LogP contribution in [0, 0.1) is 11.8 Å². The summed E-state index contributed by atoms with van der Waals surface area (Å²) in [7, 11) is 0. The first kappa shape index (κ1) is 24.9.